The lowest BCUT2D eigenvalue weighted by molar-refractivity contribution is 0.0949. The van der Waals surface area contributed by atoms with Gasteiger partial charge in [-0.25, -0.2) is 0 Å². The van der Waals surface area contributed by atoms with Crippen LogP contribution < -0.4 is 10.6 Å². The summed E-state index contributed by atoms with van der Waals surface area (Å²) in [6.07, 6.45) is 0. The molecule has 0 atom stereocenters. The van der Waals surface area contributed by atoms with E-state index in [9.17, 15) is 9.59 Å². The average molecular weight is 379 g/mol. The number of amides is 2. The Morgan fingerprint density at radius 3 is 2.04 bits per heavy atom. The van der Waals surface area contributed by atoms with Gasteiger partial charge < -0.3 is 10.6 Å². The maximum absolute atomic E-state index is 12.3. The van der Waals surface area contributed by atoms with Gasteiger partial charge in [0.2, 0.25) is 0 Å². The Bertz CT molecular complexity index is 951. The summed E-state index contributed by atoms with van der Waals surface area (Å²) in [5, 5.41) is 6.10. The highest BCUT2D eigenvalue weighted by Crippen LogP contribution is 2.21. The van der Waals surface area contributed by atoms with E-state index in [2.05, 4.69) is 10.6 Å². The predicted octanol–water partition coefficient (Wildman–Crippen LogP) is 4.83. The van der Waals surface area contributed by atoms with Crippen molar-refractivity contribution in [2.75, 3.05) is 5.32 Å². The molecule has 0 saturated heterocycles. The van der Waals surface area contributed by atoms with Crippen molar-refractivity contribution >= 4 is 29.1 Å². The molecule has 2 amide bonds. The van der Waals surface area contributed by atoms with Crippen molar-refractivity contribution in [3.63, 3.8) is 0 Å². The van der Waals surface area contributed by atoms with Gasteiger partial charge in [0.05, 0.1) is 10.7 Å². The smallest absolute Gasteiger partial charge is 0.255 e. The van der Waals surface area contributed by atoms with Gasteiger partial charge in [0.25, 0.3) is 11.8 Å². The molecule has 0 aliphatic rings. The van der Waals surface area contributed by atoms with Crippen LogP contribution in [0, 0.1) is 6.92 Å². The molecule has 0 aromatic heterocycles. The highest BCUT2D eigenvalue weighted by molar-refractivity contribution is 6.33. The van der Waals surface area contributed by atoms with Crippen LogP contribution in [0.2, 0.25) is 5.02 Å². The van der Waals surface area contributed by atoms with Gasteiger partial charge in [0.15, 0.2) is 0 Å². The van der Waals surface area contributed by atoms with Crippen LogP contribution in [0.3, 0.4) is 0 Å². The Labute approximate surface area is 163 Å². The number of benzene rings is 3. The highest BCUT2D eigenvalue weighted by Gasteiger charge is 2.10. The molecular formula is C22H19ClN2O2. The monoisotopic (exact) mass is 378 g/mol. The summed E-state index contributed by atoms with van der Waals surface area (Å²) in [4.78, 5) is 24.6. The van der Waals surface area contributed by atoms with Crippen LogP contribution in [-0.4, -0.2) is 11.8 Å². The minimum absolute atomic E-state index is 0.186. The summed E-state index contributed by atoms with van der Waals surface area (Å²) in [5.74, 6) is -0.469. The summed E-state index contributed by atoms with van der Waals surface area (Å²) in [6.45, 7) is 2.47. The molecule has 3 aromatic carbocycles. The number of anilines is 1. The van der Waals surface area contributed by atoms with Gasteiger partial charge in [-0.1, -0.05) is 53.6 Å². The molecule has 0 heterocycles. The van der Waals surface area contributed by atoms with Gasteiger partial charge in [-0.3, -0.25) is 9.59 Å². The summed E-state index contributed by atoms with van der Waals surface area (Å²) in [7, 11) is 0. The Morgan fingerprint density at radius 1 is 0.815 bits per heavy atom. The van der Waals surface area contributed by atoms with Crippen LogP contribution in [0.4, 0.5) is 5.69 Å². The lowest BCUT2D eigenvalue weighted by Crippen LogP contribution is -2.23. The lowest BCUT2D eigenvalue weighted by Gasteiger charge is -2.08. The van der Waals surface area contributed by atoms with Crippen LogP contribution >= 0.6 is 11.6 Å². The Kier molecular flexibility index (Phi) is 5.89. The SMILES string of the molecule is Cc1ccc(CNC(=O)c2ccc(C(=O)Nc3ccccc3Cl)cc2)cc1. The molecule has 0 aliphatic heterocycles. The second-order valence-electron chi connectivity index (χ2n) is 6.18. The molecule has 27 heavy (non-hydrogen) atoms. The minimum Gasteiger partial charge on any atom is -0.348 e. The van der Waals surface area contributed by atoms with Gasteiger partial charge >= 0.3 is 0 Å². The first-order valence-corrected chi connectivity index (χ1v) is 8.90. The molecule has 0 aliphatic carbocycles. The van der Waals surface area contributed by atoms with Gasteiger partial charge in [-0.15, -0.1) is 0 Å². The summed E-state index contributed by atoms with van der Waals surface area (Å²) in [6, 6.07) is 21.5. The van der Waals surface area contributed by atoms with Crippen LogP contribution in [-0.2, 0) is 6.54 Å². The molecule has 5 heteroatoms. The quantitative estimate of drug-likeness (QED) is 0.668. The number of hydrogen-bond acceptors (Lipinski definition) is 2. The molecule has 136 valence electrons. The zero-order chi connectivity index (χ0) is 19.2. The largest absolute Gasteiger partial charge is 0.348 e. The number of carbonyl (C=O) groups is 2. The van der Waals surface area contributed by atoms with Crippen LogP contribution in [0.15, 0.2) is 72.8 Å². The van der Waals surface area contributed by atoms with E-state index < -0.39 is 0 Å². The van der Waals surface area contributed by atoms with Crippen molar-refractivity contribution < 1.29 is 9.59 Å². The third kappa shape index (κ3) is 4.96. The second kappa shape index (κ2) is 8.52. The zero-order valence-electron chi connectivity index (χ0n) is 14.8. The first-order chi connectivity index (χ1) is 13.0. The van der Waals surface area contributed by atoms with E-state index >= 15 is 0 Å². The normalized spacial score (nSPS) is 10.3. The zero-order valence-corrected chi connectivity index (χ0v) is 15.6. The first-order valence-electron chi connectivity index (χ1n) is 8.52. The number of nitrogens with one attached hydrogen (secondary N) is 2. The number of aryl methyl sites for hydroxylation is 1. The summed E-state index contributed by atoms with van der Waals surface area (Å²) < 4.78 is 0. The van der Waals surface area contributed by atoms with E-state index in [-0.39, 0.29) is 11.8 Å². The minimum atomic E-state index is -0.283. The highest BCUT2D eigenvalue weighted by atomic mass is 35.5. The molecule has 3 rings (SSSR count). The fourth-order valence-electron chi connectivity index (χ4n) is 2.52. The third-order valence-corrected chi connectivity index (χ3v) is 4.43. The fourth-order valence-corrected chi connectivity index (χ4v) is 2.70. The van der Waals surface area contributed by atoms with Gasteiger partial charge in [0.1, 0.15) is 0 Å². The fraction of sp³-hybridized carbons (Fsp3) is 0.0909. The van der Waals surface area contributed by atoms with E-state index in [1.807, 2.05) is 31.2 Å². The van der Waals surface area contributed by atoms with E-state index in [0.717, 1.165) is 5.56 Å². The van der Waals surface area contributed by atoms with Crippen molar-refractivity contribution in [3.8, 4) is 0 Å². The molecule has 4 nitrogen and oxygen atoms in total. The van der Waals surface area contributed by atoms with Crippen molar-refractivity contribution in [2.45, 2.75) is 13.5 Å². The molecule has 0 radical (unpaired) electrons. The standard InChI is InChI=1S/C22H19ClN2O2/c1-15-6-8-16(9-7-15)14-24-21(26)17-10-12-18(13-11-17)22(27)25-20-5-3-2-4-19(20)23/h2-13H,14H2,1H3,(H,24,26)(H,25,27). The predicted molar refractivity (Wildman–Crippen MR) is 108 cm³/mol. The molecule has 0 saturated carbocycles. The number of halogens is 1. The van der Waals surface area contributed by atoms with E-state index in [4.69, 9.17) is 11.6 Å². The van der Waals surface area contributed by atoms with Gasteiger partial charge in [0, 0.05) is 17.7 Å². The Balaban J connectivity index is 1.60. The summed E-state index contributed by atoms with van der Waals surface area (Å²) >= 11 is 6.05. The Hall–Kier alpha value is -3.11. The molecule has 3 aromatic rings. The number of rotatable bonds is 5. The van der Waals surface area contributed by atoms with E-state index in [1.54, 1.807) is 48.5 Å². The topological polar surface area (TPSA) is 58.2 Å². The molecule has 0 spiro atoms. The lowest BCUT2D eigenvalue weighted by atomic mass is 10.1. The van der Waals surface area contributed by atoms with Crippen molar-refractivity contribution in [3.05, 3.63) is 100 Å². The summed E-state index contributed by atoms with van der Waals surface area (Å²) in [5.41, 5.74) is 3.70. The van der Waals surface area contributed by atoms with E-state index in [1.165, 1.54) is 5.56 Å². The van der Waals surface area contributed by atoms with Gasteiger partial charge in [-0.2, -0.15) is 0 Å². The van der Waals surface area contributed by atoms with Crippen molar-refractivity contribution in [1.29, 1.82) is 0 Å². The van der Waals surface area contributed by atoms with Crippen LogP contribution in [0.5, 0.6) is 0 Å². The molecular weight excluding hydrogens is 360 g/mol. The molecule has 2 N–H and O–H groups in total. The number of hydrogen-bond donors (Lipinski definition) is 2. The molecule has 0 fully saturated rings. The van der Waals surface area contributed by atoms with Crippen LogP contribution in [0.25, 0.3) is 0 Å². The molecule has 0 unspecified atom stereocenters. The van der Waals surface area contributed by atoms with Gasteiger partial charge in [-0.05, 0) is 48.9 Å². The van der Waals surface area contributed by atoms with Crippen molar-refractivity contribution in [1.82, 2.24) is 5.32 Å². The first kappa shape index (κ1) is 18.7. The number of carbonyl (C=O) groups excluding carboxylic acids is 2. The van der Waals surface area contributed by atoms with E-state index in [0.29, 0.717) is 28.4 Å². The van der Waals surface area contributed by atoms with Crippen LogP contribution in [0.1, 0.15) is 31.8 Å². The van der Waals surface area contributed by atoms with Crippen molar-refractivity contribution in [2.24, 2.45) is 0 Å². The molecule has 0 bridgehead atoms. The Morgan fingerprint density at radius 2 is 1.41 bits per heavy atom. The second-order valence-corrected chi connectivity index (χ2v) is 6.59. The maximum atomic E-state index is 12.3. The number of para-hydroxylation sites is 1. The average Bonchev–Trinajstić information content (AvgIpc) is 2.69. The third-order valence-electron chi connectivity index (χ3n) is 4.11. The maximum Gasteiger partial charge on any atom is 0.255 e.